The molecule has 1 aliphatic carbocycles. The third kappa shape index (κ3) is 2.26. The second-order valence-corrected chi connectivity index (χ2v) is 7.66. The maximum absolute atomic E-state index is 10.0. The minimum atomic E-state index is -0.752. The summed E-state index contributed by atoms with van der Waals surface area (Å²) < 4.78 is 5.70. The lowest BCUT2D eigenvalue weighted by Crippen LogP contribution is -2.46. The number of aromatic nitrogens is 2. The zero-order valence-corrected chi connectivity index (χ0v) is 15.8. The number of allylic oxidation sites excluding steroid dienone is 1. The average molecular weight is 389 g/mol. The normalized spacial score (nSPS) is 22.4. The van der Waals surface area contributed by atoms with Crippen molar-refractivity contribution in [3.63, 3.8) is 0 Å². The van der Waals surface area contributed by atoms with Gasteiger partial charge in [0.15, 0.2) is 0 Å². The molecule has 0 radical (unpaired) electrons. The molecule has 2 aliphatic rings. The summed E-state index contributed by atoms with van der Waals surface area (Å²) in [5.41, 5.74) is 8.51. The van der Waals surface area contributed by atoms with Crippen molar-refractivity contribution in [1.29, 1.82) is 5.26 Å². The van der Waals surface area contributed by atoms with E-state index in [9.17, 15) is 5.26 Å². The molecule has 134 valence electrons. The number of H-pyrrole nitrogens is 1. The molecular formula is C19H18Cl2N4O. The number of hydrogen-bond acceptors (Lipinski definition) is 4. The van der Waals surface area contributed by atoms with E-state index < -0.39 is 5.41 Å². The van der Waals surface area contributed by atoms with Crippen molar-refractivity contribution in [1.82, 2.24) is 10.2 Å². The molecule has 1 atom stereocenters. The van der Waals surface area contributed by atoms with E-state index in [1.807, 2.05) is 19.1 Å². The second-order valence-electron chi connectivity index (χ2n) is 6.78. The maximum atomic E-state index is 10.0. The van der Waals surface area contributed by atoms with E-state index in [-0.39, 0.29) is 11.8 Å². The Morgan fingerprint density at radius 2 is 2.04 bits per heavy atom. The molecule has 5 nitrogen and oxygen atoms in total. The first-order chi connectivity index (χ1) is 12.5. The summed E-state index contributed by atoms with van der Waals surface area (Å²) in [4.78, 5) is 0. The first-order valence-electron chi connectivity index (χ1n) is 8.64. The summed E-state index contributed by atoms with van der Waals surface area (Å²) in [6.45, 7) is 2.04. The minimum absolute atomic E-state index is 0.0946. The first kappa shape index (κ1) is 17.3. The summed E-state index contributed by atoms with van der Waals surface area (Å²) in [6.07, 6.45) is 3.80. The summed E-state index contributed by atoms with van der Waals surface area (Å²) in [6, 6.07) is 7.75. The third-order valence-electron chi connectivity index (χ3n) is 5.55. The summed E-state index contributed by atoms with van der Waals surface area (Å²) in [7, 11) is 0. The van der Waals surface area contributed by atoms with E-state index in [2.05, 4.69) is 16.3 Å². The second kappa shape index (κ2) is 6.22. The van der Waals surface area contributed by atoms with Crippen molar-refractivity contribution >= 4 is 23.2 Å². The van der Waals surface area contributed by atoms with Crippen LogP contribution in [-0.2, 0) is 11.8 Å². The Balaban J connectivity index is 2.12. The molecule has 1 aliphatic heterocycles. The van der Waals surface area contributed by atoms with Crippen molar-refractivity contribution in [2.75, 3.05) is 0 Å². The SMILES string of the molecule is CCc1[nH]nc2c1C(c1cc(Cl)cc(Cl)c1)(C1CCC1)C(C#N)=C(N)O2. The number of hydrogen-bond donors (Lipinski definition) is 2. The zero-order valence-electron chi connectivity index (χ0n) is 14.3. The lowest BCUT2D eigenvalue weighted by Gasteiger charge is -2.47. The highest BCUT2D eigenvalue weighted by atomic mass is 35.5. The fraction of sp³-hybridized carbons (Fsp3) is 0.368. The molecule has 2 aromatic rings. The largest absolute Gasteiger partial charge is 0.420 e. The molecule has 2 heterocycles. The van der Waals surface area contributed by atoms with Crippen LogP contribution in [0.2, 0.25) is 10.0 Å². The van der Waals surface area contributed by atoms with Crippen LogP contribution in [0, 0.1) is 17.2 Å². The molecule has 1 aromatic heterocycles. The van der Waals surface area contributed by atoms with Crippen LogP contribution in [-0.4, -0.2) is 10.2 Å². The molecule has 1 fully saturated rings. The molecule has 4 rings (SSSR count). The number of ether oxygens (including phenoxy) is 1. The molecule has 0 spiro atoms. The van der Waals surface area contributed by atoms with E-state index >= 15 is 0 Å². The van der Waals surface area contributed by atoms with Gasteiger partial charge in [0.25, 0.3) is 0 Å². The van der Waals surface area contributed by atoms with Crippen molar-refractivity contribution in [2.24, 2.45) is 11.7 Å². The maximum Gasteiger partial charge on any atom is 0.244 e. The van der Waals surface area contributed by atoms with Crippen molar-refractivity contribution < 1.29 is 4.74 Å². The topological polar surface area (TPSA) is 87.7 Å². The van der Waals surface area contributed by atoms with Gasteiger partial charge in [0.1, 0.15) is 11.6 Å². The molecule has 1 aromatic carbocycles. The molecular weight excluding hydrogens is 371 g/mol. The Hall–Kier alpha value is -2.16. The third-order valence-corrected chi connectivity index (χ3v) is 5.99. The number of halogens is 2. The highest BCUT2D eigenvalue weighted by molar-refractivity contribution is 6.34. The van der Waals surface area contributed by atoms with Gasteiger partial charge < -0.3 is 10.5 Å². The van der Waals surface area contributed by atoms with Crippen molar-refractivity contribution in [3.8, 4) is 11.9 Å². The fourth-order valence-electron chi connectivity index (χ4n) is 4.27. The smallest absolute Gasteiger partial charge is 0.244 e. The lowest BCUT2D eigenvalue weighted by molar-refractivity contribution is 0.206. The number of nitrogens with zero attached hydrogens (tertiary/aromatic N) is 2. The predicted molar refractivity (Wildman–Crippen MR) is 100 cm³/mol. The van der Waals surface area contributed by atoms with Crippen LogP contribution in [0.5, 0.6) is 5.88 Å². The molecule has 0 saturated heterocycles. The van der Waals surface area contributed by atoms with Gasteiger partial charge >= 0.3 is 0 Å². The van der Waals surface area contributed by atoms with Crippen LogP contribution < -0.4 is 10.5 Å². The first-order valence-corrected chi connectivity index (χ1v) is 9.40. The number of benzene rings is 1. The standard InChI is InChI=1S/C19H18Cl2N4O/c1-2-15-16-18(25-24-15)26-17(23)14(9-22)19(16,10-4-3-5-10)11-6-12(20)8-13(21)7-11/h6-8,10H,2-5,23H2,1H3,(H,24,25). The Morgan fingerprint density at radius 3 is 2.58 bits per heavy atom. The van der Waals surface area contributed by atoms with Gasteiger partial charge in [0.05, 0.1) is 11.0 Å². The van der Waals surface area contributed by atoms with Gasteiger partial charge in [-0.25, -0.2) is 0 Å². The van der Waals surface area contributed by atoms with Crippen LogP contribution in [0.15, 0.2) is 29.7 Å². The Labute approximate surface area is 161 Å². The van der Waals surface area contributed by atoms with Gasteiger partial charge in [-0.2, -0.15) is 5.26 Å². The van der Waals surface area contributed by atoms with Gasteiger partial charge in [0.2, 0.25) is 11.8 Å². The van der Waals surface area contributed by atoms with E-state index in [0.29, 0.717) is 21.5 Å². The highest BCUT2D eigenvalue weighted by Crippen LogP contribution is 2.58. The fourth-order valence-corrected chi connectivity index (χ4v) is 4.79. The van der Waals surface area contributed by atoms with E-state index in [1.165, 1.54) is 0 Å². The minimum Gasteiger partial charge on any atom is -0.420 e. The Bertz CT molecular complexity index is 935. The molecule has 26 heavy (non-hydrogen) atoms. The Morgan fingerprint density at radius 1 is 1.35 bits per heavy atom. The van der Waals surface area contributed by atoms with Gasteiger partial charge in [-0.3, -0.25) is 5.10 Å². The quantitative estimate of drug-likeness (QED) is 0.812. The number of nitrogens with two attached hydrogens (primary N) is 1. The number of rotatable bonds is 3. The van der Waals surface area contributed by atoms with E-state index in [1.54, 1.807) is 6.07 Å². The molecule has 1 unspecified atom stereocenters. The van der Waals surface area contributed by atoms with Gasteiger partial charge in [0, 0.05) is 15.7 Å². The summed E-state index contributed by atoms with van der Waals surface area (Å²) >= 11 is 12.7. The number of nitrogens with one attached hydrogen (secondary N) is 1. The number of aromatic amines is 1. The molecule has 0 amide bonds. The van der Waals surface area contributed by atoms with E-state index in [4.69, 9.17) is 33.7 Å². The zero-order chi connectivity index (χ0) is 18.5. The molecule has 1 saturated carbocycles. The van der Waals surface area contributed by atoms with E-state index in [0.717, 1.165) is 42.5 Å². The van der Waals surface area contributed by atoms with Crippen LogP contribution >= 0.6 is 23.2 Å². The summed E-state index contributed by atoms with van der Waals surface area (Å²) in [5.74, 6) is 0.731. The molecule has 7 heteroatoms. The summed E-state index contributed by atoms with van der Waals surface area (Å²) in [5, 5.41) is 18.4. The number of fused-ring (bicyclic) bond motifs is 1. The number of aryl methyl sites for hydroxylation is 1. The van der Waals surface area contributed by atoms with Gasteiger partial charge in [-0.15, -0.1) is 5.10 Å². The molecule has 3 N–H and O–H groups in total. The van der Waals surface area contributed by atoms with Crippen molar-refractivity contribution in [2.45, 2.75) is 38.0 Å². The van der Waals surface area contributed by atoms with Gasteiger partial charge in [-0.05, 0) is 48.9 Å². The molecule has 0 bridgehead atoms. The lowest BCUT2D eigenvalue weighted by atomic mass is 9.55. The van der Waals surface area contributed by atoms with Crippen molar-refractivity contribution in [3.05, 3.63) is 56.5 Å². The Kier molecular flexibility index (Phi) is 4.13. The highest BCUT2D eigenvalue weighted by Gasteiger charge is 2.55. The predicted octanol–water partition coefficient (Wildman–Crippen LogP) is 4.45. The van der Waals surface area contributed by atoms with Gasteiger partial charge in [-0.1, -0.05) is 36.5 Å². The van der Waals surface area contributed by atoms with Crippen LogP contribution in [0.3, 0.4) is 0 Å². The average Bonchev–Trinajstić information content (AvgIpc) is 2.95. The monoisotopic (exact) mass is 388 g/mol. The van der Waals surface area contributed by atoms with Crippen LogP contribution in [0.1, 0.15) is 43.0 Å². The van der Waals surface area contributed by atoms with Crippen LogP contribution in [0.4, 0.5) is 0 Å². The van der Waals surface area contributed by atoms with Crippen LogP contribution in [0.25, 0.3) is 0 Å². The number of nitriles is 1.